The Bertz CT molecular complexity index is 1200. The molecule has 0 spiro atoms. The first-order valence-corrected chi connectivity index (χ1v) is 10.1. The summed E-state index contributed by atoms with van der Waals surface area (Å²) in [4.78, 5) is 2.34. The number of rotatable bonds is 3. The first kappa shape index (κ1) is 17.6. The molecular formula is C27H24N2. The van der Waals surface area contributed by atoms with Gasteiger partial charge in [-0.25, -0.2) is 0 Å². The van der Waals surface area contributed by atoms with Gasteiger partial charge in [-0.15, -0.1) is 0 Å². The molecule has 0 aromatic heterocycles. The van der Waals surface area contributed by atoms with E-state index in [2.05, 4.69) is 96.8 Å². The van der Waals surface area contributed by atoms with Crippen molar-refractivity contribution < 1.29 is 0 Å². The highest BCUT2D eigenvalue weighted by molar-refractivity contribution is 5.99. The van der Waals surface area contributed by atoms with Crippen molar-refractivity contribution >= 4 is 39.6 Å². The molecule has 1 aliphatic rings. The Morgan fingerprint density at radius 3 is 2.45 bits per heavy atom. The van der Waals surface area contributed by atoms with E-state index in [4.69, 9.17) is 5.73 Å². The van der Waals surface area contributed by atoms with Crippen LogP contribution in [-0.2, 0) is 0 Å². The maximum Gasteiger partial charge on any atom is 0.0540 e. The van der Waals surface area contributed by atoms with Gasteiger partial charge in [0.1, 0.15) is 0 Å². The maximum atomic E-state index is 5.98. The molecule has 0 saturated heterocycles. The maximum absolute atomic E-state index is 5.98. The van der Waals surface area contributed by atoms with Crippen LogP contribution in [0.4, 0.5) is 22.7 Å². The van der Waals surface area contributed by atoms with Gasteiger partial charge in [-0.3, -0.25) is 0 Å². The summed E-state index contributed by atoms with van der Waals surface area (Å²) in [6, 6.07) is 30.0. The molecule has 4 aromatic carbocycles. The minimum Gasteiger partial charge on any atom is -0.399 e. The van der Waals surface area contributed by atoms with Crippen molar-refractivity contribution in [3.05, 3.63) is 102 Å². The zero-order valence-electron chi connectivity index (χ0n) is 16.5. The molecule has 5 rings (SSSR count). The number of benzene rings is 4. The highest BCUT2D eigenvalue weighted by Gasteiger charge is 2.19. The fourth-order valence-corrected chi connectivity index (χ4v) is 4.26. The Labute approximate surface area is 171 Å². The van der Waals surface area contributed by atoms with E-state index in [1.807, 2.05) is 12.1 Å². The van der Waals surface area contributed by atoms with Crippen LogP contribution in [0.5, 0.6) is 0 Å². The van der Waals surface area contributed by atoms with Crippen LogP contribution in [0, 0.1) is 0 Å². The average molecular weight is 377 g/mol. The van der Waals surface area contributed by atoms with Gasteiger partial charge >= 0.3 is 0 Å². The van der Waals surface area contributed by atoms with Crippen LogP contribution in [0.15, 0.2) is 91.0 Å². The molecule has 0 saturated carbocycles. The summed E-state index contributed by atoms with van der Waals surface area (Å²) in [5.74, 6) is 0.524. The fraction of sp³-hybridized carbons (Fsp3) is 0.111. The first-order chi connectivity index (χ1) is 14.2. The summed E-state index contributed by atoms with van der Waals surface area (Å²) in [5.41, 5.74) is 12.9. The lowest BCUT2D eigenvalue weighted by atomic mass is 9.88. The number of allylic oxidation sites excluding steroid dienone is 1. The summed E-state index contributed by atoms with van der Waals surface area (Å²) in [5, 5.41) is 2.47. The van der Waals surface area contributed by atoms with E-state index in [0.717, 1.165) is 17.8 Å². The van der Waals surface area contributed by atoms with Gasteiger partial charge in [-0.1, -0.05) is 61.5 Å². The van der Waals surface area contributed by atoms with Crippen molar-refractivity contribution in [3.63, 3.8) is 0 Å². The Kier molecular flexibility index (Phi) is 4.33. The van der Waals surface area contributed by atoms with Crippen molar-refractivity contribution in [3.8, 4) is 0 Å². The normalized spacial score (nSPS) is 15.3. The molecule has 0 fully saturated rings. The molecule has 29 heavy (non-hydrogen) atoms. The lowest BCUT2D eigenvalue weighted by molar-refractivity contribution is 0.771. The molecule has 2 nitrogen and oxygen atoms in total. The van der Waals surface area contributed by atoms with Crippen LogP contribution in [0.1, 0.15) is 30.4 Å². The van der Waals surface area contributed by atoms with Crippen LogP contribution in [-0.4, -0.2) is 0 Å². The smallest absolute Gasteiger partial charge is 0.0540 e. The van der Waals surface area contributed by atoms with Crippen molar-refractivity contribution in [1.29, 1.82) is 0 Å². The largest absolute Gasteiger partial charge is 0.399 e. The second kappa shape index (κ2) is 7.14. The third kappa shape index (κ3) is 3.17. The molecule has 1 unspecified atom stereocenters. The predicted octanol–water partition coefficient (Wildman–Crippen LogP) is 7.41. The lowest BCUT2D eigenvalue weighted by Crippen LogP contribution is -2.12. The summed E-state index contributed by atoms with van der Waals surface area (Å²) in [6.45, 7) is 2.30. The zero-order valence-corrected chi connectivity index (χ0v) is 16.5. The topological polar surface area (TPSA) is 29.3 Å². The fourth-order valence-electron chi connectivity index (χ4n) is 4.26. The van der Waals surface area contributed by atoms with Crippen LogP contribution < -0.4 is 10.6 Å². The number of hydrogen-bond donors (Lipinski definition) is 1. The Morgan fingerprint density at radius 2 is 1.59 bits per heavy atom. The monoisotopic (exact) mass is 376 g/mol. The van der Waals surface area contributed by atoms with E-state index in [0.29, 0.717) is 5.92 Å². The predicted molar refractivity (Wildman–Crippen MR) is 125 cm³/mol. The Morgan fingerprint density at radius 1 is 0.828 bits per heavy atom. The number of nitrogens with two attached hydrogens (primary N) is 1. The Balaban J connectivity index is 1.74. The van der Waals surface area contributed by atoms with Crippen LogP contribution in [0.25, 0.3) is 16.8 Å². The van der Waals surface area contributed by atoms with Gasteiger partial charge in [0.15, 0.2) is 0 Å². The molecule has 0 bridgehead atoms. The van der Waals surface area contributed by atoms with Gasteiger partial charge in [0, 0.05) is 22.4 Å². The van der Waals surface area contributed by atoms with Crippen molar-refractivity contribution in [2.24, 2.45) is 0 Å². The molecule has 142 valence electrons. The number of anilines is 4. The third-order valence-electron chi connectivity index (χ3n) is 5.81. The van der Waals surface area contributed by atoms with Gasteiger partial charge < -0.3 is 10.6 Å². The van der Waals surface area contributed by atoms with Gasteiger partial charge in [-0.05, 0) is 71.3 Å². The van der Waals surface area contributed by atoms with Crippen molar-refractivity contribution in [2.45, 2.75) is 19.3 Å². The molecule has 2 heteroatoms. The lowest BCUT2D eigenvalue weighted by Gasteiger charge is -2.29. The molecule has 1 aliphatic carbocycles. The third-order valence-corrected chi connectivity index (χ3v) is 5.81. The van der Waals surface area contributed by atoms with Gasteiger partial charge in [0.25, 0.3) is 0 Å². The van der Waals surface area contributed by atoms with Crippen LogP contribution in [0.2, 0.25) is 0 Å². The minimum absolute atomic E-state index is 0.524. The van der Waals surface area contributed by atoms with E-state index >= 15 is 0 Å². The number of nitrogen functional groups attached to an aromatic ring is 1. The van der Waals surface area contributed by atoms with Crippen molar-refractivity contribution in [1.82, 2.24) is 0 Å². The quantitative estimate of drug-likeness (QED) is 0.377. The van der Waals surface area contributed by atoms with Gasteiger partial charge in [0.05, 0.1) is 5.69 Å². The molecule has 0 heterocycles. The average Bonchev–Trinajstić information content (AvgIpc) is 2.76. The molecular weight excluding hydrogens is 352 g/mol. The molecule has 1 atom stereocenters. The summed E-state index contributed by atoms with van der Waals surface area (Å²) >= 11 is 0. The molecule has 0 aliphatic heterocycles. The minimum atomic E-state index is 0.524. The van der Waals surface area contributed by atoms with Gasteiger partial charge in [-0.2, -0.15) is 0 Å². The summed E-state index contributed by atoms with van der Waals surface area (Å²) in [7, 11) is 0. The summed E-state index contributed by atoms with van der Waals surface area (Å²) in [6.07, 6.45) is 5.60. The standard InChI is InChI=1S/C27H24N2/c1-19-6-4-8-21-12-15-24(18-26(19)21)29(23-16-13-22(28)14-17-23)27-11-5-9-20-7-2-3-10-25(20)27/h2-5,7-19H,6,28H2,1H3. The zero-order chi connectivity index (χ0) is 19.8. The van der Waals surface area contributed by atoms with E-state index in [9.17, 15) is 0 Å². The first-order valence-electron chi connectivity index (χ1n) is 10.1. The number of nitrogens with zero attached hydrogens (tertiary/aromatic N) is 1. The Hall–Kier alpha value is -3.52. The number of hydrogen-bond acceptors (Lipinski definition) is 2. The van der Waals surface area contributed by atoms with Crippen molar-refractivity contribution in [2.75, 3.05) is 10.6 Å². The summed E-state index contributed by atoms with van der Waals surface area (Å²) < 4.78 is 0. The molecule has 0 amide bonds. The van der Waals surface area contributed by atoms with E-state index in [1.54, 1.807) is 0 Å². The second-order valence-corrected chi connectivity index (χ2v) is 7.78. The molecule has 2 N–H and O–H groups in total. The molecule has 0 radical (unpaired) electrons. The SMILES string of the molecule is CC1CC=Cc2ccc(N(c3ccc(N)cc3)c3cccc4ccccc34)cc21. The molecule has 4 aromatic rings. The highest BCUT2D eigenvalue weighted by Crippen LogP contribution is 2.41. The van der Waals surface area contributed by atoms with Crippen LogP contribution in [0.3, 0.4) is 0 Å². The van der Waals surface area contributed by atoms with E-state index in [1.165, 1.54) is 33.3 Å². The van der Waals surface area contributed by atoms with Crippen LogP contribution >= 0.6 is 0 Å². The number of fused-ring (bicyclic) bond motifs is 2. The highest BCUT2D eigenvalue weighted by atomic mass is 15.1. The van der Waals surface area contributed by atoms with Gasteiger partial charge in [0.2, 0.25) is 0 Å². The van der Waals surface area contributed by atoms with E-state index in [-0.39, 0.29) is 0 Å². The van der Waals surface area contributed by atoms with E-state index < -0.39 is 0 Å². The second-order valence-electron chi connectivity index (χ2n) is 7.78.